The number of fused-ring (bicyclic) bond motifs is 1. The number of hydrogen-bond donors (Lipinski definition) is 3. The molecule has 0 fully saturated rings. The highest BCUT2D eigenvalue weighted by Crippen LogP contribution is 2.36. The predicted octanol–water partition coefficient (Wildman–Crippen LogP) is 1.30. The molecule has 0 saturated carbocycles. The van der Waals surface area contributed by atoms with Gasteiger partial charge in [0.2, 0.25) is 5.82 Å². The van der Waals surface area contributed by atoms with Crippen LogP contribution in [0.25, 0.3) is 0 Å². The maximum atomic E-state index is 13.4. The SMILES string of the molecule is CON=[S@@](C)(=O)CCNc1nonc1C(=NC1Cc2ccc(F)cc21)NO. The monoisotopic (exact) mass is 398 g/mol. The molecule has 27 heavy (non-hydrogen) atoms. The van der Waals surface area contributed by atoms with Crippen molar-refractivity contribution >= 4 is 21.4 Å². The smallest absolute Gasteiger partial charge is 0.202 e. The average Bonchev–Trinajstić information content (AvgIpc) is 3.06. The van der Waals surface area contributed by atoms with Gasteiger partial charge in [0, 0.05) is 12.8 Å². The van der Waals surface area contributed by atoms with Crippen LogP contribution >= 0.6 is 0 Å². The average molecular weight is 398 g/mol. The van der Waals surface area contributed by atoms with Gasteiger partial charge in [-0.1, -0.05) is 10.6 Å². The Hall–Kier alpha value is -2.57. The lowest BCUT2D eigenvalue weighted by molar-refractivity contribution is 0.218. The highest BCUT2D eigenvalue weighted by Gasteiger charge is 2.28. The lowest BCUT2D eigenvalue weighted by Crippen LogP contribution is -2.26. The van der Waals surface area contributed by atoms with Crippen molar-refractivity contribution in [2.45, 2.75) is 12.5 Å². The van der Waals surface area contributed by atoms with Gasteiger partial charge in [-0.3, -0.25) is 15.7 Å². The Morgan fingerprint density at radius 3 is 3.07 bits per heavy atom. The number of nitrogens with zero attached hydrogens (tertiary/aromatic N) is 4. The Morgan fingerprint density at radius 2 is 2.33 bits per heavy atom. The van der Waals surface area contributed by atoms with Crippen molar-refractivity contribution in [3.63, 3.8) is 0 Å². The molecule has 10 nitrogen and oxygen atoms in total. The number of hydrogen-bond acceptors (Lipinski definition) is 9. The summed E-state index contributed by atoms with van der Waals surface area (Å²) in [5, 5.41) is 19.8. The van der Waals surface area contributed by atoms with E-state index in [9.17, 15) is 13.8 Å². The van der Waals surface area contributed by atoms with E-state index in [1.54, 1.807) is 6.07 Å². The van der Waals surface area contributed by atoms with Crippen molar-refractivity contribution in [1.82, 2.24) is 15.8 Å². The number of aliphatic imine (C=N–C) groups is 1. The number of hydroxylamine groups is 1. The predicted molar refractivity (Wildman–Crippen MR) is 95.5 cm³/mol. The minimum absolute atomic E-state index is 0.0254. The van der Waals surface area contributed by atoms with Gasteiger partial charge >= 0.3 is 0 Å². The van der Waals surface area contributed by atoms with Crippen molar-refractivity contribution in [3.05, 3.63) is 40.8 Å². The van der Waals surface area contributed by atoms with Crippen molar-refractivity contribution < 1.29 is 23.3 Å². The van der Waals surface area contributed by atoms with Crippen molar-refractivity contribution in [1.29, 1.82) is 0 Å². The number of benzene rings is 1. The fraction of sp³-hybridized carbons (Fsp3) is 0.400. The molecule has 0 saturated heterocycles. The van der Waals surface area contributed by atoms with E-state index in [0.717, 1.165) is 11.1 Å². The first-order valence-corrected chi connectivity index (χ1v) is 10.1. The van der Waals surface area contributed by atoms with E-state index < -0.39 is 9.73 Å². The molecule has 2 aromatic rings. The first-order chi connectivity index (χ1) is 12.9. The molecule has 0 aliphatic heterocycles. The van der Waals surface area contributed by atoms with Crippen LogP contribution in [0.1, 0.15) is 22.9 Å². The molecule has 1 heterocycles. The van der Waals surface area contributed by atoms with Crippen molar-refractivity contribution in [2.24, 2.45) is 9.52 Å². The van der Waals surface area contributed by atoms with E-state index in [2.05, 4.69) is 30.0 Å². The number of halogens is 1. The van der Waals surface area contributed by atoms with Crippen LogP contribution in [0.5, 0.6) is 0 Å². The second kappa shape index (κ2) is 7.98. The van der Waals surface area contributed by atoms with Gasteiger partial charge in [-0.2, -0.15) is 0 Å². The molecule has 3 N–H and O–H groups in total. The molecule has 1 aliphatic rings. The van der Waals surface area contributed by atoms with Crippen LogP contribution in [-0.4, -0.2) is 51.2 Å². The van der Waals surface area contributed by atoms with E-state index in [-0.39, 0.29) is 41.5 Å². The summed E-state index contributed by atoms with van der Waals surface area (Å²) >= 11 is 0. The number of anilines is 1. The highest BCUT2D eigenvalue weighted by atomic mass is 32.2. The van der Waals surface area contributed by atoms with Crippen LogP contribution in [0.2, 0.25) is 0 Å². The highest BCUT2D eigenvalue weighted by molar-refractivity contribution is 7.92. The summed E-state index contributed by atoms with van der Waals surface area (Å²) in [6.07, 6.45) is 2.08. The lowest BCUT2D eigenvalue weighted by Gasteiger charge is -2.27. The van der Waals surface area contributed by atoms with E-state index in [4.69, 9.17) is 4.63 Å². The third kappa shape index (κ3) is 4.40. The van der Waals surface area contributed by atoms with Gasteiger partial charge in [0.1, 0.15) is 5.82 Å². The zero-order chi connectivity index (χ0) is 19.4. The van der Waals surface area contributed by atoms with Crippen molar-refractivity contribution in [3.8, 4) is 0 Å². The third-order valence-electron chi connectivity index (χ3n) is 3.99. The van der Waals surface area contributed by atoms with Gasteiger partial charge in [-0.05, 0) is 40.0 Å². The Balaban J connectivity index is 1.73. The molecule has 1 aliphatic carbocycles. The third-order valence-corrected chi connectivity index (χ3v) is 5.42. The number of aromatic nitrogens is 2. The van der Waals surface area contributed by atoms with Gasteiger partial charge in [0.25, 0.3) is 0 Å². The summed E-state index contributed by atoms with van der Waals surface area (Å²) in [6, 6.07) is 4.21. The molecular formula is C15H19FN6O4S. The molecule has 3 rings (SSSR count). The van der Waals surface area contributed by atoms with Crippen LogP contribution in [0.15, 0.2) is 32.3 Å². The number of rotatable bonds is 7. The number of nitrogens with one attached hydrogen (secondary N) is 2. The summed E-state index contributed by atoms with van der Waals surface area (Å²) in [7, 11) is -1.16. The van der Waals surface area contributed by atoms with Crippen molar-refractivity contribution in [2.75, 3.05) is 31.0 Å². The molecule has 0 spiro atoms. The molecule has 1 aromatic heterocycles. The Bertz CT molecular complexity index is 969. The molecular weight excluding hydrogens is 379 g/mol. The summed E-state index contributed by atoms with van der Waals surface area (Å²) in [5.41, 5.74) is 3.87. The standard InChI is InChI=1S/C15H19FN6O4S/c1-25-22-27(2,24)6-5-17-14-13(20-26-21-14)15(19-23)18-12-7-9-3-4-10(16)8-11(9)12/h3-4,8,12,23H,5-7H2,1-2H3,(H,17,21)(H,18,19)/t12?,27-/m0/s1. The normalized spacial score (nSPS) is 18.2. The molecule has 0 amide bonds. The Morgan fingerprint density at radius 1 is 1.52 bits per heavy atom. The van der Waals surface area contributed by atoms with E-state index in [0.29, 0.717) is 6.42 Å². The first-order valence-electron chi connectivity index (χ1n) is 7.99. The van der Waals surface area contributed by atoms with Gasteiger partial charge in [0.05, 0.1) is 28.6 Å². The molecule has 1 unspecified atom stereocenters. The quantitative estimate of drug-likeness (QED) is 0.361. The molecule has 12 heteroatoms. The van der Waals surface area contributed by atoms with Crippen LogP contribution in [0.3, 0.4) is 0 Å². The molecule has 2 atom stereocenters. The van der Waals surface area contributed by atoms with E-state index >= 15 is 0 Å². The minimum Gasteiger partial charge on any atom is -0.364 e. The zero-order valence-corrected chi connectivity index (χ0v) is 15.5. The fourth-order valence-corrected chi connectivity index (χ4v) is 3.55. The summed E-state index contributed by atoms with van der Waals surface area (Å²) in [6.45, 7) is 0.250. The topological polar surface area (TPSA) is 134 Å². The van der Waals surface area contributed by atoms with Crippen LogP contribution in [0.4, 0.5) is 10.2 Å². The van der Waals surface area contributed by atoms with Crippen LogP contribution < -0.4 is 10.8 Å². The van der Waals surface area contributed by atoms with Gasteiger partial charge in [-0.15, -0.1) is 0 Å². The van der Waals surface area contributed by atoms with E-state index in [1.807, 2.05) is 5.48 Å². The molecule has 0 bridgehead atoms. The Kier molecular flexibility index (Phi) is 5.68. The molecule has 146 valence electrons. The maximum Gasteiger partial charge on any atom is 0.202 e. The number of amidine groups is 1. The summed E-state index contributed by atoms with van der Waals surface area (Å²) < 4.78 is 33.7. The van der Waals surface area contributed by atoms with Gasteiger partial charge in [0.15, 0.2) is 11.5 Å². The van der Waals surface area contributed by atoms with Gasteiger partial charge < -0.3 is 5.32 Å². The lowest BCUT2D eigenvalue weighted by atomic mass is 9.83. The second-order valence-corrected chi connectivity index (χ2v) is 8.44. The molecule has 1 aromatic carbocycles. The minimum atomic E-state index is -2.49. The van der Waals surface area contributed by atoms with Gasteiger partial charge in [-0.25, -0.2) is 18.1 Å². The first kappa shape index (κ1) is 19.2. The van der Waals surface area contributed by atoms with Crippen LogP contribution in [0, 0.1) is 5.82 Å². The largest absolute Gasteiger partial charge is 0.364 e. The second-order valence-electron chi connectivity index (χ2n) is 5.96. The summed E-state index contributed by atoms with van der Waals surface area (Å²) in [4.78, 5) is 8.92. The zero-order valence-electron chi connectivity index (χ0n) is 14.7. The molecule has 0 radical (unpaired) electrons. The summed E-state index contributed by atoms with van der Waals surface area (Å²) in [5.74, 6) is 0.0861. The fourth-order valence-electron chi connectivity index (χ4n) is 2.68. The Labute approximate surface area is 154 Å². The van der Waals surface area contributed by atoms with Crippen LogP contribution in [-0.2, 0) is 21.0 Å². The maximum absolute atomic E-state index is 13.4. The van der Waals surface area contributed by atoms with E-state index in [1.165, 1.54) is 25.5 Å².